The van der Waals surface area contributed by atoms with Crippen LogP contribution in [-0.4, -0.2) is 43.6 Å². The lowest BCUT2D eigenvalue weighted by Gasteiger charge is -2.23. The average molecular weight is 325 g/mol. The van der Waals surface area contributed by atoms with Crippen LogP contribution < -0.4 is 4.74 Å². The van der Waals surface area contributed by atoms with Gasteiger partial charge in [-0.05, 0) is 38.3 Å². The number of para-hydroxylation sites is 1. The predicted molar refractivity (Wildman–Crippen MR) is 83.4 cm³/mol. The van der Waals surface area contributed by atoms with Gasteiger partial charge in [-0.2, -0.15) is 0 Å². The number of hydrogen-bond acceptors (Lipinski definition) is 4. The topological polar surface area (TPSA) is 66.8 Å². The number of nitrogens with zero attached hydrogens (tertiary/aromatic N) is 1. The fourth-order valence-electron chi connectivity index (χ4n) is 3.06. The highest BCUT2D eigenvalue weighted by molar-refractivity contribution is 7.89. The fourth-order valence-corrected chi connectivity index (χ4v) is 4.50. The summed E-state index contributed by atoms with van der Waals surface area (Å²) in [6, 6.07) is 5.28. The first kappa shape index (κ1) is 15.8. The zero-order valence-electron chi connectivity index (χ0n) is 13.3. The van der Waals surface area contributed by atoms with Crippen molar-refractivity contribution in [2.75, 3.05) is 20.2 Å². The summed E-state index contributed by atoms with van der Waals surface area (Å²) in [5.41, 5.74) is 0.303. The largest absolute Gasteiger partial charge is 0.486 e. The molecule has 2 aliphatic rings. The molecule has 1 aromatic carbocycles. The van der Waals surface area contributed by atoms with Gasteiger partial charge in [0.25, 0.3) is 0 Å². The standard InChI is InChI=1S/C16H23NO4S/c1-15(2)9-12-5-4-6-13(14(12)21-15)22(19,20)17(3)10-16(11-18)7-8-16/h4-6,18H,7-11H2,1-3H3. The van der Waals surface area contributed by atoms with Crippen molar-refractivity contribution in [1.29, 1.82) is 0 Å². The molecule has 0 bridgehead atoms. The van der Waals surface area contributed by atoms with E-state index in [1.54, 1.807) is 19.2 Å². The van der Waals surface area contributed by atoms with Gasteiger partial charge in [0.2, 0.25) is 10.0 Å². The van der Waals surface area contributed by atoms with E-state index in [0.717, 1.165) is 18.4 Å². The van der Waals surface area contributed by atoms with Crippen LogP contribution in [0.1, 0.15) is 32.3 Å². The van der Waals surface area contributed by atoms with Gasteiger partial charge >= 0.3 is 0 Å². The summed E-state index contributed by atoms with van der Waals surface area (Å²) in [5.74, 6) is 0.480. The predicted octanol–water partition coefficient (Wildman–Crippen LogP) is 1.79. The molecule has 1 aromatic rings. The van der Waals surface area contributed by atoms with Gasteiger partial charge in [0.05, 0.1) is 0 Å². The lowest BCUT2D eigenvalue weighted by atomic mass is 10.0. The summed E-state index contributed by atoms with van der Waals surface area (Å²) < 4.78 is 33.0. The number of rotatable bonds is 5. The molecule has 122 valence electrons. The first-order valence-corrected chi connectivity index (χ1v) is 9.01. The molecular weight excluding hydrogens is 302 g/mol. The summed E-state index contributed by atoms with van der Waals surface area (Å²) in [7, 11) is -2.05. The number of hydrogen-bond donors (Lipinski definition) is 1. The first-order chi connectivity index (χ1) is 10.2. The first-order valence-electron chi connectivity index (χ1n) is 7.57. The Morgan fingerprint density at radius 2 is 2.00 bits per heavy atom. The SMILES string of the molecule is CN(CC1(CO)CC1)S(=O)(=O)c1cccc2c1OC(C)(C)C2. The Kier molecular flexibility index (Phi) is 3.54. The minimum absolute atomic E-state index is 0.0310. The monoisotopic (exact) mass is 325 g/mol. The second-order valence-corrected chi connectivity index (χ2v) is 9.22. The normalized spacial score (nSPS) is 21.5. The van der Waals surface area contributed by atoms with E-state index >= 15 is 0 Å². The highest BCUT2D eigenvalue weighted by Crippen LogP contribution is 2.47. The van der Waals surface area contributed by atoms with Crippen LogP contribution in [0.4, 0.5) is 0 Å². The number of aliphatic hydroxyl groups is 1. The Morgan fingerprint density at radius 1 is 1.32 bits per heavy atom. The molecule has 5 nitrogen and oxygen atoms in total. The van der Waals surface area contributed by atoms with Crippen molar-refractivity contribution in [2.24, 2.45) is 5.41 Å². The molecular formula is C16H23NO4S. The molecule has 1 saturated carbocycles. The fraction of sp³-hybridized carbons (Fsp3) is 0.625. The Morgan fingerprint density at radius 3 is 2.59 bits per heavy atom. The maximum atomic E-state index is 12.9. The lowest BCUT2D eigenvalue weighted by molar-refractivity contribution is 0.134. The van der Waals surface area contributed by atoms with E-state index in [0.29, 0.717) is 18.7 Å². The molecule has 0 aromatic heterocycles. The third-order valence-electron chi connectivity index (χ3n) is 4.59. The van der Waals surface area contributed by atoms with Gasteiger partial charge in [-0.3, -0.25) is 0 Å². The Balaban J connectivity index is 1.93. The van der Waals surface area contributed by atoms with Gasteiger partial charge in [0.15, 0.2) is 0 Å². The molecule has 0 atom stereocenters. The van der Waals surface area contributed by atoms with Gasteiger partial charge in [-0.1, -0.05) is 12.1 Å². The molecule has 6 heteroatoms. The van der Waals surface area contributed by atoms with Gasteiger partial charge in [0, 0.05) is 32.0 Å². The van der Waals surface area contributed by atoms with Crippen molar-refractivity contribution >= 4 is 10.0 Å². The van der Waals surface area contributed by atoms with Gasteiger partial charge < -0.3 is 9.84 Å². The highest BCUT2D eigenvalue weighted by Gasteiger charge is 2.45. The van der Waals surface area contributed by atoms with Crippen LogP contribution >= 0.6 is 0 Å². The molecule has 1 aliphatic heterocycles. The van der Waals surface area contributed by atoms with E-state index in [1.165, 1.54) is 4.31 Å². The molecule has 3 rings (SSSR count). The zero-order chi connectivity index (χ0) is 16.2. The Bertz CT molecular complexity index is 692. The third kappa shape index (κ3) is 2.64. The number of sulfonamides is 1. The molecule has 22 heavy (non-hydrogen) atoms. The second kappa shape index (κ2) is 4.94. The molecule has 0 spiro atoms. The van der Waals surface area contributed by atoms with Gasteiger partial charge in [-0.15, -0.1) is 0 Å². The van der Waals surface area contributed by atoms with Crippen molar-refractivity contribution in [3.8, 4) is 5.75 Å². The van der Waals surface area contributed by atoms with E-state index in [1.807, 2.05) is 19.9 Å². The van der Waals surface area contributed by atoms with Crippen molar-refractivity contribution < 1.29 is 18.3 Å². The Labute approximate surface area is 131 Å². The van der Waals surface area contributed by atoms with E-state index in [9.17, 15) is 13.5 Å². The maximum Gasteiger partial charge on any atom is 0.246 e. The zero-order valence-corrected chi connectivity index (χ0v) is 14.1. The minimum atomic E-state index is -3.62. The van der Waals surface area contributed by atoms with Crippen molar-refractivity contribution in [3.63, 3.8) is 0 Å². The molecule has 0 unspecified atom stereocenters. The van der Waals surface area contributed by atoms with Crippen LogP contribution in [0.3, 0.4) is 0 Å². The van der Waals surface area contributed by atoms with E-state index < -0.39 is 10.0 Å². The van der Waals surface area contributed by atoms with Gasteiger partial charge in [-0.25, -0.2) is 12.7 Å². The molecule has 1 fully saturated rings. The van der Waals surface area contributed by atoms with E-state index in [2.05, 4.69) is 0 Å². The lowest BCUT2D eigenvalue weighted by Crippen LogP contribution is -2.34. The maximum absolute atomic E-state index is 12.9. The summed E-state index contributed by atoms with van der Waals surface area (Å²) in [5, 5.41) is 9.42. The summed E-state index contributed by atoms with van der Waals surface area (Å²) in [4.78, 5) is 0.229. The summed E-state index contributed by atoms with van der Waals surface area (Å²) in [6.07, 6.45) is 2.45. The quantitative estimate of drug-likeness (QED) is 0.896. The number of fused-ring (bicyclic) bond motifs is 1. The number of benzene rings is 1. The van der Waals surface area contributed by atoms with Crippen LogP contribution in [0.25, 0.3) is 0 Å². The molecule has 1 N–H and O–H groups in total. The summed E-state index contributed by atoms with van der Waals surface area (Å²) >= 11 is 0. The van der Waals surface area contributed by atoms with Crippen molar-refractivity contribution in [2.45, 2.75) is 43.6 Å². The third-order valence-corrected chi connectivity index (χ3v) is 6.42. The van der Waals surface area contributed by atoms with Crippen LogP contribution in [0.15, 0.2) is 23.1 Å². The van der Waals surface area contributed by atoms with Crippen molar-refractivity contribution in [3.05, 3.63) is 23.8 Å². The smallest absolute Gasteiger partial charge is 0.246 e. The van der Waals surface area contributed by atoms with Crippen molar-refractivity contribution in [1.82, 2.24) is 4.31 Å². The van der Waals surface area contributed by atoms with E-state index in [-0.39, 0.29) is 22.5 Å². The van der Waals surface area contributed by atoms with Gasteiger partial charge in [0.1, 0.15) is 16.2 Å². The molecule has 1 heterocycles. The Hall–Kier alpha value is -1.11. The van der Waals surface area contributed by atoms with Crippen LogP contribution in [0.2, 0.25) is 0 Å². The molecule has 0 radical (unpaired) electrons. The van der Waals surface area contributed by atoms with Crippen LogP contribution in [-0.2, 0) is 16.4 Å². The number of ether oxygens (including phenoxy) is 1. The van der Waals surface area contributed by atoms with Crippen LogP contribution in [0.5, 0.6) is 5.75 Å². The highest BCUT2D eigenvalue weighted by atomic mass is 32.2. The second-order valence-electron chi connectivity index (χ2n) is 7.20. The molecule has 0 amide bonds. The van der Waals surface area contributed by atoms with Crippen LogP contribution in [0, 0.1) is 5.41 Å². The van der Waals surface area contributed by atoms with E-state index in [4.69, 9.17) is 4.74 Å². The number of aliphatic hydroxyl groups excluding tert-OH is 1. The summed E-state index contributed by atoms with van der Waals surface area (Å²) in [6.45, 7) is 4.29. The molecule has 0 saturated heterocycles. The average Bonchev–Trinajstić information content (AvgIpc) is 3.12. The minimum Gasteiger partial charge on any atom is -0.486 e. The molecule has 1 aliphatic carbocycles.